The van der Waals surface area contributed by atoms with Gasteiger partial charge in [-0.05, 0) is 68.4 Å². The molecule has 5 aliphatic rings. The minimum atomic E-state index is -1.90. The van der Waals surface area contributed by atoms with E-state index in [9.17, 15) is 19.8 Å². The molecule has 3 saturated carbocycles. The van der Waals surface area contributed by atoms with Crippen LogP contribution in [-0.4, -0.2) is 52.7 Å². The Morgan fingerprint density at radius 2 is 1.88 bits per heavy atom. The number of aliphatic hydroxyl groups excluding tert-OH is 2. The number of aliphatic hydroxyl groups is 2. The summed E-state index contributed by atoms with van der Waals surface area (Å²) in [5.74, 6) is -0.769. The van der Waals surface area contributed by atoms with E-state index in [2.05, 4.69) is 25.1 Å². The minimum Gasteiger partial charge on any atom is -0.390 e. The lowest BCUT2D eigenvalue weighted by molar-refractivity contribution is -0.209. The molecule has 5 rings (SSSR count). The molecule has 4 fully saturated rings. The van der Waals surface area contributed by atoms with Crippen molar-refractivity contribution >= 4 is 11.6 Å². The molecular formula is C27H36FNO4. The largest absolute Gasteiger partial charge is 0.390 e. The smallest absolute Gasteiger partial charge is 0.178 e. The van der Waals surface area contributed by atoms with Crippen molar-refractivity contribution in [2.75, 3.05) is 13.2 Å². The van der Waals surface area contributed by atoms with Crippen molar-refractivity contribution in [3.05, 3.63) is 23.8 Å². The fourth-order valence-electron chi connectivity index (χ4n) is 8.99. The lowest BCUT2D eigenvalue weighted by atomic mass is 9.42. The predicted octanol–water partition coefficient (Wildman–Crippen LogP) is 2.62. The Balaban J connectivity index is 0.00000126. The molecule has 6 heteroatoms. The number of carbonyl (C=O) groups excluding carboxylic acids is 2. The number of hydrogen-bond donors (Lipinski definition) is 3. The highest BCUT2D eigenvalue weighted by Crippen LogP contribution is 2.74. The zero-order valence-corrected chi connectivity index (χ0v) is 20.0. The number of rotatable bonds is 2. The van der Waals surface area contributed by atoms with Crippen molar-refractivity contribution in [2.24, 2.45) is 39.9 Å². The van der Waals surface area contributed by atoms with Crippen LogP contribution in [0, 0.1) is 52.8 Å². The van der Waals surface area contributed by atoms with E-state index in [0.29, 0.717) is 19.4 Å². The van der Waals surface area contributed by atoms with Gasteiger partial charge in [-0.15, -0.1) is 12.8 Å². The SMILES string of the molecule is C#C.CC1NC[C@]2(C(=O)CO)[C@H]1CC1[C@@H]3C[C@H](C)C4=CC(=O)C=C[C@]4(C)[C@@]3(F)[C@@H](O)C[C@@]12C. The summed E-state index contributed by atoms with van der Waals surface area (Å²) < 4.78 is 17.3. The second kappa shape index (κ2) is 7.60. The third-order valence-corrected chi connectivity index (χ3v) is 10.5. The van der Waals surface area contributed by atoms with Gasteiger partial charge in [0.05, 0.1) is 11.5 Å². The van der Waals surface area contributed by atoms with E-state index in [0.717, 1.165) is 5.57 Å². The van der Waals surface area contributed by atoms with Crippen molar-refractivity contribution in [3.8, 4) is 12.8 Å². The third kappa shape index (κ3) is 2.65. The molecule has 0 radical (unpaired) electrons. The van der Waals surface area contributed by atoms with Gasteiger partial charge in [-0.2, -0.15) is 0 Å². The van der Waals surface area contributed by atoms with Gasteiger partial charge in [-0.25, -0.2) is 4.39 Å². The van der Waals surface area contributed by atoms with Gasteiger partial charge in [0.25, 0.3) is 0 Å². The number of hydrogen-bond acceptors (Lipinski definition) is 5. The standard InChI is InChI=1S/C25H34FNO4.C2H2/c1-13-7-19-18-9-17-14(2)27-12-24(17,21(31)11-28)23(18,4)10-20(30)25(19,26)22(3)6-5-15(29)8-16(13)22;1-2/h5-6,8,13-14,17-20,27-28,30H,7,9-12H2,1-4H3;1-2H/t13-,14?,17-,18?,19-,20-,22-,23-,24+,25-;/m0./s1. The number of nitrogens with one attached hydrogen (secondary N) is 1. The monoisotopic (exact) mass is 457 g/mol. The Labute approximate surface area is 195 Å². The summed E-state index contributed by atoms with van der Waals surface area (Å²) in [5.41, 5.74) is -3.55. The van der Waals surface area contributed by atoms with Crippen LogP contribution < -0.4 is 5.32 Å². The molecule has 0 aromatic carbocycles. The van der Waals surface area contributed by atoms with Gasteiger partial charge in [0.2, 0.25) is 0 Å². The maximum atomic E-state index is 17.3. The number of alkyl halides is 1. The number of Topliss-reactive ketones (excluding diaryl/α,β-unsaturated/α-hetero) is 1. The quantitative estimate of drug-likeness (QED) is 0.555. The van der Waals surface area contributed by atoms with Gasteiger partial charge in [-0.1, -0.05) is 25.5 Å². The van der Waals surface area contributed by atoms with E-state index in [1.807, 2.05) is 20.8 Å². The molecule has 0 aromatic rings. The molecule has 3 N–H and O–H groups in total. The highest BCUT2D eigenvalue weighted by molar-refractivity contribution is 6.01. The molecule has 10 atom stereocenters. The number of allylic oxidation sites excluding steroid dienone is 4. The average molecular weight is 458 g/mol. The number of halogens is 1. The summed E-state index contributed by atoms with van der Waals surface area (Å²) in [6.07, 6.45) is 12.9. The molecule has 1 aliphatic heterocycles. The predicted molar refractivity (Wildman–Crippen MR) is 124 cm³/mol. The van der Waals surface area contributed by atoms with Crippen LogP contribution in [0.1, 0.15) is 47.0 Å². The van der Waals surface area contributed by atoms with Gasteiger partial charge in [-0.3, -0.25) is 9.59 Å². The zero-order valence-electron chi connectivity index (χ0n) is 20.0. The van der Waals surface area contributed by atoms with Crippen molar-refractivity contribution in [2.45, 2.75) is 64.8 Å². The first-order valence-corrected chi connectivity index (χ1v) is 12.0. The van der Waals surface area contributed by atoms with E-state index in [1.54, 1.807) is 12.2 Å². The Bertz CT molecular complexity index is 957. The van der Waals surface area contributed by atoms with Gasteiger partial charge >= 0.3 is 0 Å². The van der Waals surface area contributed by atoms with E-state index >= 15 is 4.39 Å². The van der Waals surface area contributed by atoms with Crippen LogP contribution >= 0.6 is 0 Å². The lowest BCUT2D eigenvalue weighted by Gasteiger charge is -2.64. The molecule has 1 heterocycles. The number of terminal acetylenes is 1. The van der Waals surface area contributed by atoms with Gasteiger partial charge in [0.1, 0.15) is 6.61 Å². The third-order valence-electron chi connectivity index (χ3n) is 10.5. The molecule has 1 saturated heterocycles. The second-order valence-electron chi connectivity index (χ2n) is 11.4. The molecule has 33 heavy (non-hydrogen) atoms. The maximum Gasteiger partial charge on any atom is 0.178 e. The molecule has 180 valence electrons. The lowest BCUT2D eigenvalue weighted by Crippen LogP contribution is -2.69. The van der Waals surface area contributed by atoms with Crippen LogP contribution in [0.4, 0.5) is 4.39 Å². The zero-order chi connectivity index (χ0) is 24.6. The number of fused-ring (bicyclic) bond motifs is 7. The molecule has 0 spiro atoms. The second-order valence-corrected chi connectivity index (χ2v) is 11.4. The Morgan fingerprint density at radius 3 is 2.52 bits per heavy atom. The van der Waals surface area contributed by atoms with E-state index in [4.69, 9.17) is 0 Å². The fourth-order valence-corrected chi connectivity index (χ4v) is 8.99. The summed E-state index contributed by atoms with van der Waals surface area (Å²) in [4.78, 5) is 25.3. The summed E-state index contributed by atoms with van der Waals surface area (Å²) in [6, 6.07) is 0.100. The van der Waals surface area contributed by atoms with E-state index in [1.165, 1.54) is 6.08 Å². The topological polar surface area (TPSA) is 86.6 Å². The highest BCUT2D eigenvalue weighted by atomic mass is 19.1. The van der Waals surface area contributed by atoms with E-state index < -0.39 is 40.5 Å². The normalized spacial score (nSPS) is 51.9. The van der Waals surface area contributed by atoms with Crippen LogP contribution in [-0.2, 0) is 9.59 Å². The molecule has 0 aromatic heterocycles. The first kappa shape index (κ1) is 24.3. The van der Waals surface area contributed by atoms with E-state index in [-0.39, 0.29) is 41.8 Å². The Hall–Kier alpha value is -1.81. The number of ketones is 2. The molecule has 0 amide bonds. The van der Waals surface area contributed by atoms with Crippen LogP contribution in [0.2, 0.25) is 0 Å². The van der Waals surface area contributed by atoms with Gasteiger partial charge in [0.15, 0.2) is 17.2 Å². The van der Waals surface area contributed by atoms with Crippen LogP contribution in [0.5, 0.6) is 0 Å². The highest BCUT2D eigenvalue weighted by Gasteiger charge is 2.77. The summed E-state index contributed by atoms with van der Waals surface area (Å²) in [5, 5.41) is 24.8. The van der Waals surface area contributed by atoms with Gasteiger partial charge in [0, 0.05) is 23.9 Å². The van der Waals surface area contributed by atoms with Crippen molar-refractivity contribution in [1.29, 1.82) is 0 Å². The summed E-state index contributed by atoms with van der Waals surface area (Å²) in [7, 11) is 0. The summed E-state index contributed by atoms with van der Waals surface area (Å²) >= 11 is 0. The number of carbonyl (C=O) groups is 2. The van der Waals surface area contributed by atoms with Crippen LogP contribution in [0.3, 0.4) is 0 Å². The first-order valence-electron chi connectivity index (χ1n) is 12.0. The molecule has 2 unspecified atom stereocenters. The molecule has 4 aliphatic carbocycles. The average Bonchev–Trinajstić information content (AvgIpc) is 3.26. The maximum absolute atomic E-state index is 17.3. The van der Waals surface area contributed by atoms with Crippen LogP contribution in [0.25, 0.3) is 0 Å². The van der Waals surface area contributed by atoms with Gasteiger partial charge < -0.3 is 15.5 Å². The van der Waals surface area contributed by atoms with Crippen LogP contribution in [0.15, 0.2) is 23.8 Å². The first-order chi connectivity index (χ1) is 15.5. The fraction of sp³-hybridized carbons (Fsp3) is 0.704. The van der Waals surface area contributed by atoms with Crippen molar-refractivity contribution in [1.82, 2.24) is 5.32 Å². The Morgan fingerprint density at radius 1 is 1.21 bits per heavy atom. The van der Waals surface area contributed by atoms with Crippen molar-refractivity contribution < 1.29 is 24.2 Å². The minimum absolute atomic E-state index is 0.0141. The molecular weight excluding hydrogens is 421 g/mol. The Kier molecular flexibility index (Phi) is 5.60. The van der Waals surface area contributed by atoms with Crippen molar-refractivity contribution in [3.63, 3.8) is 0 Å². The molecule has 0 bridgehead atoms. The summed E-state index contributed by atoms with van der Waals surface area (Å²) in [6.45, 7) is 7.93. The molecule has 5 nitrogen and oxygen atoms in total.